The van der Waals surface area contributed by atoms with Crippen molar-refractivity contribution in [3.8, 4) is 0 Å². The summed E-state index contributed by atoms with van der Waals surface area (Å²) in [5.74, 6) is 1.76. The largest absolute Gasteiger partial charge is 0.459 e. The minimum Gasteiger partial charge on any atom is -0.459 e. The first-order valence-corrected chi connectivity index (χ1v) is 6.68. The minimum absolute atomic E-state index is 0.340. The van der Waals surface area contributed by atoms with Crippen molar-refractivity contribution in [3.05, 3.63) is 35.6 Å². The van der Waals surface area contributed by atoms with Gasteiger partial charge in [-0.1, -0.05) is 25.5 Å². The van der Waals surface area contributed by atoms with Crippen LogP contribution in [-0.2, 0) is 0 Å². The van der Waals surface area contributed by atoms with Gasteiger partial charge in [-0.05, 0) is 49.9 Å². The molecule has 0 amide bonds. The number of aryl methyl sites for hydroxylation is 1. The Morgan fingerprint density at radius 2 is 2.06 bits per heavy atom. The maximum atomic E-state index is 6.01. The smallest absolute Gasteiger partial charge is 0.134 e. The van der Waals surface area contributed by atoms with Crippen molar-refractivity contribution in [2.45, 2.75) is 33.2 Å². The lowest BCUT2D eigenvalue weighted by atomic mass is 10.0. The molecule has 1 aromatic heterocycles. The predicted molar refractivity (Wildman–Crippen MR) is 74.6 cm³/mol. The number of benzene rings is 1. The quantitative estimate of drug-likeness (QED) is 0.879. The summed E-state index contributed by atoms with van der Waals surface area (Å²) in [7, 11) is 2.03. The summed E-state index contributed by atoms with van der Waals surface area (Å²) in [6, 6.07) is 8.89. The second-order valence-electron chi connectivity index (χ2n) is 6.26. The molecule has 1 saturated carbocycles. The standard InChI is InChI=1S/C16H21NO/c1-10-5-6-13-11(7-10)8-14(18-13)15(17-4)12-9-16(12,2)3/h5-8,12,15,17H,9H2,1-4H3. The Morgan fingerprint density at radius 1 is 1.33 bits per heavy atom. The second-order valence-corrected chi connectivity index (χ2v) is 6.26. The molecule has 2 nitrogen and oxygen atoms in total. The molecular weight excluding hydrogens is 222 g/mol. The number of fused-ring (bicyclic) bond motifs is 1. The summed E-state index contributed by atoms with van der Waals surface area (Å²) in [4.78, 5) is 0. The minimum atomic E-state index is 0.340. The molecule has 0 aliphatic heterocycles. The second kappa shape index (κ2) is 3.86. The highest BCUT2D eigenvalue weighted by atomic mass is 16.3. The van der Waals surface area contributed by atoms with Gasteiger partial charge < -0.3 is 9.73 Å². The molecule has 96 valence electrons. The van der Waals surface area contributed by atoms with E-state index in [1.165, 1.54) is 17.4 Å². The maximum absolute atomic E-state index is 6.01. The predicted octanol–water partition coefficient (Wildman–Crippen LogP) is 4.05. The summed E-state index contributed by atoms with van der Waals surface area (Å²) in [5.41, 5.74) is 2.72. The van der Waals surface area contributed by atoms with Gasteiger partial charge >= 0.3 is 0 Å². The van der Waals surface area contributed by atoms with Gasteiger partial charge in [0.25, 0.3) is 0 Å². The van der Waals surface area contributed by atoms with Crippen LogP contribution in [0.2, 0.25) is 0 Å². The molecule has 2 atom stereocenters. The van der Waals surface area contributed by atoms with Gasteiger partial charge in [0.05, 0.1) is 6.04 Å². The topological polar surface area (TPSA) is 25.2 Å². The first-order chi connectivity index (χ1) is 8.51. The first-order valence-electron chi connectivity index (χ1n) is 6.68. The van der Waals surface area contributed by atoms with Gasteiger partial charge in [0, 0.05) is 5.39 Å². The molecule has 0 radical (unpaired) electrons. The van der Waals surface area contributed by atoms with Crippen LogP contribution in [0.3, 0.4) is 0 Å². The Labute approximate surface area is 108 Å². The lowest BCUT2D eigenvalue weighted by molar-refractivity contribution is 0.377. The fourth-order valence-electron chi connectivity index (χ4n) is 2.96. The van der Waals surface area contributed by atoms with E-state index in [1.807, 2.05) is 7.05 Å². The molecule has 1 aromatic carbocycles. The van der Waals surface area contributed by atoms with Crippen molar-refractivity contribution in [2.75, 3.05) is 7.05 Å². The zero-order chi connectivity index (χ0) is 12.9. The molecular formula is C16H21NO. The Bertz CT molecular complexity index is 582. The van der Waals surface area contributed by atoms with E-state index in [4.69, 9.17) is 4.42 Å². The number of nitrogens with one attached hydrogen (secondary N) is 1. The fourth-order valence-corrected chi connectivity index (χ4v) is 2.96. The molecule has 1 aliphatic rings. The monoisotopic (exact) mass is 243 g/mol. The van der Waals surface area contributed by atoms with Crippen molar-refractivity contribution in [3.63, 3.8) is 0 Å². The SMILES string of the molecule is CNC(c1cc2cc(C)ccc2o1)C1CC1(C)C. The maximum Gasteiger partial charge on any atom is 0.134 e. The lowest BCUT2D eigenvalue weighted by Crippen LogP contribution is -2.19. The zero-order valence-electron chi connectivity index (χ0n) is 11.6. The van der Waals surface area contributed by atoms with Crippen LogP contribution < -0.4 is 5.32 Å². The molecule has 2 unspecified atom stereocenters. The van der Waals surface area contributed by atoms with Crippen LogP contribution in [-0.4, -0.2) is 7.05 Å². The van der Waals surface area contributed by atoms with E-state index in [0.29, 0.717) is 17.4 Å². The van der Waals surface area contributed by atoms with Crippen LogP contribution in [0.1, 0.15) is 37.6 Å². The van der Waals surface area contributed by atoms with Gasteiger partial charge in [-0.25, -0.2) is 0 Å². The third-order valence-electron chi connectivity index (χ3n) is 4.30. The molecule has 18 heavy (non-hydrogen) atoms. The molecule has 0 bridgehead atoms. The van der Waals surface area contributed by atoms with E-state index in [-0.39, 0.29) is 0 Å². The third kappa shape index (κ3) is 1.85. The Morgan fingerprint density at radius 3 is 2.67 bits per heavy atom. The Kier molecular flexibility index (Phi) is 2.53. The van der Waals surface area contributed by atoms with Crippen LogP contribution in [0.4, 0.5) is 0 Å². The molecule has 1 heterocycles. The molecule has 1 aliphatic carbocycles. The fraction of sp³-hybridized carbons (Fsp3) is 0.500. The van der Waals surface area contributed by atoms with E-state index in [1.54, 1.807) is 0 Å². The van der Waals surface area contributed by atoms with Gasteiger partial charge in [-0.2, -0.15) is 0 Å². The van der Waals surface area contributed by atoms with Crippen LogP contribution in [0.25, 0.3) is 11.0 Å². The molecule has 0 saturated heterocycles. The summed E-state index contributed by atoms with van der Waals surface area (Å²) in [6.07, 6.45) is 1.27. The van der Waals surface area contributed by atoms with Crippen molar-refractivity contribution in [1.29, 1.82) is 0 Å². The van der Waals surface area contributed by atoms with Crippen molar-refractivity contribution >= 4 is 11.0 Å². The summed E-state index contributed by atoms with van der Waals surface area (Å²) in [5, 5.41) is 4.63. The number of furan rings is 1. The van der Waals surface area contributed by atoms with Gasteiger partial charge in [0.15, 0.2) is 0 Å². The average Bonchev–Trinajstić information content (AvgIpc) is 2.74. The highest BCUT2D eigenvalue weighted by Crippen LogP contribution is 2.57. The van der Waals surface area contributed by atoms with Crippen LogP contribution >= 0.6 is 0 Å². The van der Waals surface area contributed by atoms with Crippen molar-refractivity contribution in [2.24, 2.45) is 11.3 Å². The summed E-state index contributed by atoms with van der Waals surface area (Å²) < 4.78 is 6.01. The summed E-state index contributed by atoms with van der Waals surface area (Å²) in [6.45, 7) is 6.77. The third-order valence-corrected chi connectivity index (χ3v) is 4.30. The number of rotatable bonds is 3. The van der Waals surface area contributed by atoms with Crippen LogP contribution in [0.15, 0.2) is 28.7 Å². The van der Waals surface area contributed by atoms with Crippen molar-refractivity contribution < 1.29 is 4.42 Å². The van der Waals surface area contributed by atoms with E-state index in [9.17, 15) is 0 Å². The molecule has 1 fully saturated rings. The van der Waals surface area contributed by atoms with E-state index >= 15 is 0 Å². The normalized spacial score (nSPS) is 23.2. The highest BCUT2D eigenvalue weighted by Gasteiger charge is 2.51. The van der Waals surface area contributed by atoms with Crippen molar-refractivity contribution in [1.82, 2.24) is 5.32 Å². The van der Waals surface area contributed by atoms with E-state index in [0.717, 1.165) is 11.3 Å². The Balaban J connectivity index is 1.98. The van der Waals surface area contributed by atoms with Gasteiger partial charge in [-0.3, -0.25) is 0 Å². The number of hydrogen-bond donors (Lipinski definition) is 1. The first kappa shape index (κ1) is 11.8. The van der Waals surface area contributed by atoms with Crippen LogP contribution in [0, 0.1) is 18.3 Å². The Hall–Kier alpha value is -1.28. The molecule has 0 spiro atoms. The van der Waals surface area contributed by atoms with Crippen LogP contribution in [0.5, 0.6) is 0 Å². The van der Waals surface area contributed by atoms with Gasteiger partial charge in [-0.15, -0.1) is 0 Å². The average molecular weight is 243 g/mol. The van der Waals surface area contributed by atoms with E-state index in [2.05, 4.69) is 50.4 Å². The molecule has 1 N–H and O–H groups in total. The zero-order valence-corrected chi connectivity index (χ0v) is 11.6. The molecule has 2 heteroatoms. The van der Waals surface area contributed by atoms with Gasteiger partial charge in [0.2, 0.25) is 0 Å². The summed E-state index contributed by atoms with van der Waals surface area (Å²) >= 11 is 0. The highest BCUT2D eigenvalue weighted by molar-refractivity contribution is 5.78. The van der Waals surface area contributed by atoms with Gasteiger partial charge in [0.1, 0.15) is 11.3 Å². The number of hydrogen-bond acceptors (Lipinski definition) is 2. The van der Waals surface area contributed by atoms with E-state index < -0.39 is 0 Å². The molecule has 3 rings (SSSR count). The lowest BCUT2D eigenvalue weighted by Gasteiger charge is -2.15. The molecule has 2 aromatic rings.